The van der Waals surface area contributed by atoms with Gasteiger partial charge in [0.25, 0.3) is 11.7 Å². The summed E-state index contributed by atoms with van der Waals surface area (Å²) in [5, 5.41) is 11.1. The zero-order valence-electron chi connectivity index (χ0n) is 16.8. The molecule has 3 aromatic rings. The Labute approximate surface area is 188 Å². The van der Waals surface area contributed by atoms with Crippen LogP contribution >= 0.6 is 15.9 Å². The lowest BCUT2D eigenvalue weighted by Gasteiger charge is -2.25. The van der Waals surface area contributed by atoms with E-state index in [-0.39, 0.29) is 11.3 Å². The third kappa shape index (κ3) is 3.99. The van der Waals surface area contributed by atoms with Crippen molar-refractivity contribution in [2.45, 2.75) is 13.0 Å². The van der Waals surface area contributed by atoms with Gasteiger partial charge in [-0.15, -0.1) is 0 Å². The number of hydrogen-bond donors (Lipinski definition) is 1. The highest BCUT2D eigenvalue weighted by Crippen LogP contribution is 2.42. The smallest absolute Gasteiger partial charge is 0.300 e. The SMILES string of the molecule is CCOc1ccc(C2/C(=C(/O)c3ccc(Br)cc3)C(=O)C(=O)N2c2ccccc2)cc1. The molecule has 156 valence electrons. The molecular weight excluding hydrogens is 458 g/mol. The van der Waals surface area contributed by atoms with Crippen molar-refractivity contribution in [1.82, 2.24) is 0 Å². The van der Waals surface area contributed by atoms with E-state index in [4.69, 9.17) is 4.74 Å². The van der Waals surface area contributed by atoms with Crippen molar-refractivity contribution in [2.75, 3.05) is 11.5 Å². The van der Waals surface area contributed by atoms with E-state index in [0.29, 0.717) is 29.2 Å². The fourth-order valence-corrected chi connectivity index (χ4v) is 3.94. The van der Waals surface area contributed by atoms with Crippen LogP contribution in [0.25, 0.3) is 5.76 Å². The molecule has 1 fully saturated rings. The van der Waals surface area contributed by atoms with Crippen LogP contribution in [0.5, 0.6) is 5.75 Å². The number of ketones is 1. The first-order valence-electron chi connectivity index (χ1n) is 9.86. The topological polar surface area (TPSA) is 66.8 Å². The number of para-hydroxylation sites is 1. The molecule has 0 spiro atoms. The third-order valence-electron chi connectivity index (χ3n) is 5.10. The molecule has 3 aromatic carbocycles. The fraction of sp³-hybridized carbons (Fsp3) is 0.120. The average Bonchev–Trinajstić information content (AvgIpc) is 3.06. The van der Waals surface area contributed by atoms with Crippen molar-refractivity contribution in [3.63, 3.8) is 0 Å². The Hall–Kier alpha value is -3.38. The van der Waals surface area contributed by atoms with Gasteiger partial charge in [0.2, 0.25) is 0 Å². The van der Waals surface area contributed by atoms with Gasteiger partial charge in [0.15, 0.2) is 0 Å². The molecule has 1 amide bonds. The molecule has 0 bridgehead atoms. The van der Waals surface area contributed by atoms with E-state index in [9.17, 15) is 14.7 Å². The number of carbonyl (C=O) groups is 2. The maximum atomic E-state index is 13.1. The lowest BCUT2D eigenvalue weighted by molar-refractivity contribution is -0.132. The summed E-state index contributed by atoms with van der Waals surface area (Å²) in [5.74, 6) is -0.911. The third-order valence-corrected chi connectivity index (χ3v) is 5.63. The van der Waals surface area contributed by atoms with E-state index >= 15 is 0 Å². The number of anilines is 1. The van der Waals surface area contributed by atoms with Gasteiger partial charge in [0, 0.05) is 15.7 Å². The van der Waals surface area contributed by atoms with Gasteiger partial charge in [-0.3, -0.25) is 14.5 Å². The largest absolute Gasteiger partial charge is 0.507 e. The van der Waals surface area contributed by atoms with Crippen LogP contribution in [-0.4, -0.2) is 23.4 Å². The first kappa shape index (κ1) is 20.9. The molecule has 0 saturated carbocycles. The van der Waals surface area contributed by atoms with Gasteiger partial charge in [0.05, 0.1) is 18.2 Å². The predicted octanol–water partition coefficient (Wildman–Crippen LogP) is 5.47. The predicted molar refractivity (Wildman–Crippen MR) is 123 cm³/mol. The van der Waals surface area contributed by atoms with Crippen LogP contribution < -0.4 is 9.64 Å². The van der Waals surface area contributed by atoms with E-state index in [2.05, 4.69) is 15.9 Å². The second kappa shape index (κ2) is 8.78. The number of nitrogens with zero attached hydrogens (tertiary/aromatic N) is 1. The molecule has 4 rings (SSSR count). The van der Waals surface area contributed by atoms with Crippen molar-refractivity contribution >= 4 is 39.1 Å². The number of Topliss-reactive ketones (excluding diaryl/α,β-unsaturated/α-hetero) is 1. The molecule has 0 aromatic heterocycles. The van der Waals surface area contributed by atoms with Crippen LogP contribution in [0, 0.1) is 0 Å². The second-order valence-corrected chi connectivity index (χ2v) is 7.93. The number of amides is 1. The van der Waals surface area contributed by atoms with Gasteiger partial charge in [-0.25, -0.2) is 0 Å². The monoisotopic (exact) mass is 477 g/mol. The molecular formula is C25H20BrNO4. The van der Waals surface area contributed by atoms with Gasteiger partial charge in [-0.05, 0) is 48.9 Å². The highest BCUT2D eigenvalue weighted by atomic mass is 79.9. The van der Waals surface area contributed by atoms with Crippen molar-refractivity contribution in [3.8, 4) is 5.75 Å². The van der Waals surface area contributed by atoms with E-state index in [1.807, 2.05) is 25.1 Å². The molecule has 0 aliphatic carbocycles. The number of halogens is 1. The van der Waals surface area contributed by atoms with Gasteiger partial charge < -0.3 is 9.84 Å². The summed E-state index contributed by atoms with van der Waals surface area (Å²) in [5.41, 5.74) is 1.80. The number of carbonyl (C=O) groups excluding carboxylic acids is 2. The second-order valence-electron chi connectivity index (χ2n) is 7.01. The van der Waals surface area contributed by atoms with Crippen molar-refractivity contribution in [2.24, 2.45) is 0 Å². The van der Waals surface area contributed by atoms with E-state index in [1.54, 1.807) is 60.7 Å². The van der Waals surface area contributed by atoms with Crippen LogP contribution in [-0.2, 0) is 9.59 Å². The maximum absolute atomic E-state index is 13.1. The van der Waals surface area contributed by atoms with Crippen molar-refractivity contribution in [3.05, 3.63) is 100 Å². The summed E-state index contributed by atoms with van der Waals surface area (Å²) in [6.07, 6.45) is 0. The van der Waals surface area contributed by atoms with Crippen LogP contribution in [0.1, 0.15) is 24.1 Å². The molecule has 1 saturated heterocycles. The van der Waals surface area contributed by atoms with E-state index in [0.717, 1.165) is 4.47 Å². The number of aliphatic hydroxyl groups is 1. The van der Waals surface area contributed by atoms with Crippen LogP contribution in [0.15, 0.2) is 88.9 Å². The number of ether oxygens (including phenoxy) is 1. The minimum atomic E-state index is -0.762. The summed E-state index contributed by atoms with van der Waals surface area (Å²) in [4.78, 5) is 27.6. The molecule has 1 N–H and O–H groups in total. The summed E-state index contributed by atoms with van der Waals surface area (Å²) < 4.78 is 6.36. The Morgan fingerprint density at radius 3 is 2.23 bits per heavy atom. The van der Waals surface area contributed by atoms with E-state index in [1.165, 1.54) is 4.90 Å². The molecule has 0 radical (unpaired) electrons. The first-order chi connectivity index (χ1) is 15.0. The van der Waals surface area contributed by atoms with Gasteiger partial charge in [-0.1, -0.05) is 58.4 Å². The minimum Gasteiger partial charge on any atom is -0.507 e. The fourth-order valence-electron chi connectivity index (χ4n) is 3.68. The lowest BCUT2D eigenvalue weighted by atomic mass is 9.95. The number of hydrogen-bond acceptors (Lipinski definition) is 4. The number of benzene rings is 3. The molecule has 5 nitrogen and oxygen atoms in total. The van der Waals surface area contributed by atoms with Crippen LogP contribution in [0.2, 0.25) is 0 Å². The molecule has 1 aliphatic heterocycles. The number of aliphatic hydroxyl groups excluding tert-OH is 1. The number of rotatable bonds is 5. The highest BCUT2D eigenvalue weighted by Gasteiger charge is 2.46. The zero-order valence-corrected chi connectivity index (χ0v) is 18.4. The Balaban J connectivity index is 1.89. The van der Waals surface area contributed by atoms with E-state index < -0.39 is 17.7 Å². The summed E-state index contributed by atoms with van der Waals surface area (Å²) in [6, 6.07) is 22.4. The Bertz CT molecular complexity index is 1140. The molecule has 31 heavy (non-hydrogen) atoms. The molecule has 1 atom stereocenters. The van der Waals surface area contributed by atoms with Crippen molar-refractivity contribution < 1.29 is 19.4 Å². The molecule has 1 unspecified atom stereocenters. The summed E-state index contributed by atoms with van der Waals surface area (Å²) in [6.45, 7) is 2.43. The average molecular weight is 478 g/mol. The minimum absolute atomic E-state index is 0.0559. The summed E-state index contributed by atoms with van der Waals surface area (Å²) in [7, 11) is 0. The maximum Gasteiger partial charge on any atom is 0.300 e. The zero-order chi connectivity index (χ0) is 22.0. The summed E-state index contributed by atoms with van der Waals surface area (Å²) >= 11 is 3.37. The Morgan fingerprint density at radius 1 is 0.968 bits per heavy atom. The van der Waals surface area contributed by atoms with Gasteiger partial charge in [0.1, 0.15) is 11.5 Å². The Morgan fingerprint density at radius 2 is 1.61 bits per heavy atom. The molecule has 1 heterocycles. The quantitative estimate of drug-likeness (QED) is 0.300. The normalized spacial score (nSPS) is 17.7. The van der Waals surface area contributed by atoms with Gasteiger partial charge in [-0.2, -0.15) is 0 Å². The van der Waals surface area contributed by atoms with Crippen molar-refractivity contribution in [1.29, 1.82) is 0 Å². The lowest BCUT2D eigenvalue weighted by Crippen LogP contribution is -2.29. The first-order valence-corrected chi connectivity index (χ1v) is 10.6. The standard InChI is InChI=1S/C25H20BrNO4/c1-2-31-20-14-10-16(11-15-20)22-21(23(28)17-8-12-18(26)13-9-17)24(29)25(30)27(22)19-6-4-3-5-7-19/h3-15,22,28H,2H2,1H3/b23-21-. The Kier molecular flexibility index (Phi) is 5.91. The van der Waals surface area contributed by atoms with Crippen LogP contribution in [0.3, 0.4) is 0 Å². The highest BCUT2D eigenvalue weighted by molar-refractivity contribution is 9.10. The van der Waals surface area contributed by atoms with Crippen LogP contribution in [0.4, 0.5) is 5.69 Å². The molecule has 1 aliphatic rings. The van der Waals surface area contributed by atoms with Gasteiger partial charge >= 0.3 is 0 Å². The molecule has 6 heteroatoms.